The summed E-state index contributed by atoms with van der Waals surface area (Å²) in [7, 11) is 1.85. The maximum absolute atomic E-state index is 5.56. The summed E-state index contributed by atoms with van der Waals surface area (Å²) >= 11 is 0. The first kappa shape index (κ1) is 12.4. The lowest BCUT2D eigenvalue weighted by Gasteiger charge is -2.26. The van der Waals surface area contributed by atoms with Crippen LogP contribution in [0.15, 0.2) is 0 Å². The van der Waals surface area contributed by atoms with Crippen molar-refractivity contribution in [3.05, 3.63) is 0 Å². The zero-order valence-corrected chi connectivity index (χ0v) is 11.3. The van der Waals surface area contributed by atoms with Gasteiger partial charge in [-0.15, -0.1) is 0 Å². The van der Waals surface area contributed by atoms with Gasteiger partial charge in [0.15, 0.2) is 0 Å². The molecule has 0 aliphatic heterocycles. The molecule has 2 heteroatoms. The first-order chi connectivity index (χ1) is 7.52. The van der Waals surface area contributed by atoms with Crippen molar-refractivity contribution in [2.75, 3.05) is 7.11 Å². The van der Waals surface area contributed by atoms with Crippen LogP contribution in [0.25, 0.3) is 0 Å². The second-order valence-corrected chi connectivity index (χ2v) is 6.63. The van der Waals surface area contributed by atoms with Crippen molar-refractivity contribution < 1.29 is 4.74 Å². The monoisotopic (exact) mass is 225 g/mol. The minimum atomic E-state index is 0.455. The van der Waals surface area contributed by atoms with E-state index in [-0.39, 0.29) is 0 Å². The molecule has 0 bridgehead atoms. The van der Waals surface area contributed by atoms with Crippen molar-refractivity contribution in [3.8, 4) is 0 Å². The summed E-state index contributed by atoms with van der Waals surface area (Å²) in [5, 5.41) is 3.86. The predicted molar refractivity (Wildman–Crippen MR) is 67.5 cm³/mol. The normalized spacial score (nSPS) is 42.8. The lowest BCUT2D eigenvalue weighted by Crippen LogP contribution is -2.44. The van der Waals surface area contributed by atoms with Crippen LogP contribution < -0.4 is 5.32 Å². The Hall–Kier alpha value is -0.0800. The maximum atomic E-state index is 5.56. The van der Waals surface area contributed by atoms with Crippen LogP contribution in [0, 0.1) is 11.3 Å². The van der Waals surface area contributed by atoms with E-state index in [0.717, 1.165) is 5.92 Å². The second kappa shape index (κ2) is 4.66. The molecule has 0 amide bonds. The molecule has 16 heavy (non-hydrogen) atoms. The van der Waals surface area contributed by atoms with Gasteiger partial charge >= 0.3 is 0 Å². The highest BCUT2D eigenvalue weighted by atomic mass is 16.5. The van der Waals surface area contributed by atoms with E-state index in [4.69, 9.17) is 4.74 Å². The first-order valence-corrected chi connectivity index (χ1v) is 6.81. The summed E-state index contributed by atoms with van der Waals surface area (Å²) in [5.74, 6) is 0.813. The van der Waals surface area contributed by atoms with Crippen LogP contribution in [0.1, 0.15) is 52.9 Å². The molecular formula is C14H27NO. The predicted octanol–water partition coefficient (Wildman–Crippen LogP) is 2.97. The van der Waals surface area contributed by atoms with Crippen LogP contribution in [0.2, 0.25) is 0 Å². The molecule has 2 fully saturated rings. The van der Waals surface area contributed by atoms with E-state index in [9.17, 15) is 0 Å². The molecule has 2 aliphatic rings. The Morgan fingerprint density at radius 2 is 1.88 bits per heavy atom. The minimum absolute atomic E-state index is 0.455. The zero-order chi connectivity index (χ0) is 11.8. The van der Waals surface area contributed by atoms with Crippen LogP contribution in [-0.4, -0.2) is 25.3 Å². The molecule has 94 valence electrons. The van der Waals surface area contributed by atoms with Crippen molar-refractivity contribution >= 4 is 0 Å². The molecule has 4 atom stereocenters. The fourth-order valence-electron chi connectivity index (χ4n) is 3.79. The molecule has 2 saturated carbocycles. The van der Waals surface area contributed by atoms with E-state index in [1.165, 1.54) is 32.1 Å². The second-order valence-electron chi connectivity index (χ2n) is 6.63. The largest absolute Gasteiger partial charge is 0.380 e. The molecule has 2 nitrogen and oxygen atoms in total. The molecule has 0 aromatic rings. The summed E-state index contributed by atoms with van der Waals surface area (Å²) in [5.41, 5.74) is 0.526. The third kappa shape index (κ3) is 2.60. The average Bonchev–Trinajstić information content (AvgIpc) is 2.71. The SMILES string of the molecule is COC1CCCC1NC1CC(C)(C)CC1C. The minimum Gasteiger partial charge on any atom is -0.380 e. The zero-order valence-electron chi connectivity index (χ0n) is 11.3. The van der Waals surface area contributed by atoms with Gasteiger partial charge in [0.25, 0.3) is 0 Å². The van der Waals surface area contributed by atoms with Gasteiger partial charge in [-0.2, -0.15) is 0 Å². The van der Waals surface area contributed by atoms with Crippen LogP contribution >= 0.6 is 0 Å². The Kier molecular flexibility index (Phi) is 3.60. The Bertz CT molecular complexity index is 239. The van der Waals surface area contributed by atoms with Crippen molar-refractivity contribution in [3.63, 3.8) is 0 Å². The number of rotatable bonds is 3. The molecule has 1 N–H and O–H groups in total. The van der Waals surface area contributed by atoms with Crippen molar-refractivity contribution in [1.29, 1.82) is 0 Å². The van der Waals surface area contributed by atoms with E-state index in [1.807, 2.05) is 7.11 Å². The van der Waals surface area contributed by atoms with Gasteiger partial charge in [0, 0.05) is 19.2 Å². The van der Waals surface area contributed by atoms with Gasteiger partial charge in [-0.25, -0.2) is 0 Å². The smallest absolute Gasteiger partial charge is 0.0724 e. The van der Waals surface area contributed by atoms with E-state index in [2.05, 4.69) is 26.1 Å². The van der Waals surface area contributed by atoms with Gasteiger partial charge < -0.3 is 10.1 Å². The quantitative estimate of drug-likeness (QED) is 0.797. The highest BCUT2D eigenvalue weighted by Gasteiger charge is 2.39. The van der Waals surface area contributed by atoms with Gasteiger partial charge in [0.1, 0.15) is 0 Å². The first-order valence-electron chi connectivity index (χ1n) is 6.81. The molecule has 0 saturated heterocycles. The van der Waals surface area contributed by atoms with E-state index in [0.29, 0.717) is 23.6 Å². The molecular weight excluding hydrogens is 198 g/mol. The molecule has 0 aromatic carbocycles. The number of ether oxygens (including phenoxy) is 1. The molecule has 0 heterocycles. The van der Waals surface area contributed by atoms with Crippen molar-refractivity contribution in [2.45, 2.75) is 71.1 Å². The summed E-state index contributed by atoms with van der Waals surface area (Å²) in [6.07, 6.45) is 6.98. The van der Waals surface area contributed by atoms with Crippen LogP contribution in [-0.2, 0) is 4.74 Å². The van der Waals surface area contributed by atoms with Gasteiger partial charge in [0.2, 0.25) is 0 Å². The maximum Gasteiger partial charge on any atom is 0.0724 e. The van der Waals surface area contributed by atoms with Crippen LogP contribution in [0.4, 0.5) is 0 Å². The number of nitrogens with one attached hydrogen (secondary N) is 1. The average molecular weight is 225 g/mol. The van der Waals surface area contributed by atoms with Crippen LogP contribution in [0.5, 0.6) is 0 Å². The Morgan fingerprint density at radius 3 is 2.44 bits per heavy atom. The topological polar surface area (TPSA) is 21.3 Å². The highest BCUT2D eigenvalue weighted by Crippen LogP contribution is 2.41. The van der Waals surface area contributed by atoms with Gasteiger partial charge in [0.05, 0.1) is 6.10 Å². The highest BCUT2D eigenvalue weighted by molar-refractivity contribution is 4.95. The molecule has 2 aliphatic carbocycles. The molecule has 4 unspecified atom stereocenters. The van der Waals surface area contributed by atoms with Crippen molar-refractivity contribution in [2.24, 2.45) is 11.3 Å². The van der Waals surface area contributed by atoms with E-state index >= 15 is 0 Å². The summed E-state index contributed by atoms with van der Waals surface area (Å²) in [6, 6.07) is 1.31. The fourth-order valence-corrected chi connectivity index (χ4v) is 3.79. The summed E-state index contributed by atoms with van der Waals surface area (Å²) in [6.45, 7) is 7.18. The molecule has 0 aromatic heterocycles. The lowest BCUT2D eigenvalue weighted by atomic mass is 9.91. The molecule has 0 radical (unpaired) electrons. The number of methoxy groups -OCH3 is 1. The van der Waals surface area contributed by atoms with E-state index in [1.54, 1.807) is 0 Å². The van der Waals surface area contributed by atoms with Crippen molar-refractivity contribution in [1.82, 2.24) is 5.32 Å². The van der Waals surface area contributed by atoms with Gasteiger partial charge in [-0.05, 0) is 43.4 Å². The van der Waals surface area contributed by atoms with Gasteiger partial charge in [-0.3, -0.25) is 0 Å². The van der Waals surface area contributed by atoms with Crippen LogP contribution in [0.3, 0.4) is 0 Å². The number of hydrogen-bond acceptors (Lipinski definition) is 2. The lowest BCUT2D eigenvalue weighted by molar-refractivity contribution is 0.0793. The Labute approximate surface area is 100 Å². The fraction of sp³-hybridized carbons (Fsp3) is 1.00. The van der Waals surface area contributed by atoms with E-state index < -0.39 is 0 Å². The number of hydrogen-bond donors (Lipinski definition) is 1. The van der Waals surface area contributed by atoms with Gasteiger partial charge in [-0.1, -0.05) is 20.8 Å². The standard InChI is InChI=1S/C14H27NO/c1-10-8-14(2,3)9-12(10)15-11-6-5-7-13(11)16-4/h10-13,15H,5-9H2,1-4H3. The molecule has 0 spiro atoms. The summed E-state index contributed by atoms with van der Waals surface area (Å²) in [4.78, 5) is 0. The third-order valence-electron chi connectivity index (χ3n) is 4.52. The Morgan fingerprint density at radius 1 is 1.12 bits per heavy atom. The third-order valence-corrected chi connectivity index (χ3v) is 4.52. The molecule has 2 rings (SSSR count). The summed E-state index contributed by atoms with van der Waals surface area (Å²) < 4.78 is 5.56. The Balaban J connectivity index is 1.90.